The van der Waals surface area contributed by atoms with E-state index < -0.39 is 0 Å². The molecule has 0 aliphatic carbocycles. The van der Waals surface area contributed by atoms with Crippen LogP contribution in [-0.2, 0) is 0 Å². The molecule has 0 unspecified atom stereocenters. The van der Waals surface area contributed by atoms with Crippen molar-refractivity contribution >= 4 is 22.9 Å². The quantitative estimate of drug-likeness (QED) is 0.395. The molecule has 1 amide bonds. The summed E-state index contributed by atoms with van der Waals surface area (Å²) >= 11 is 1.64. The third-order valence-electron chi connectivity index (χ3n) is 4.73. The number of amides is 1. The summed E-state index contributed by atoms with van der Waals surface area (Å²) in [5.74, 6) is 0.522. The zero-order chi connectivity index (χ0) is 20.9. The van der Waals surface area contributed by atoms with Gasteiger partial charge in [-0.3, -0.25) is 4.79 Å². The molecular formula is C25H22N2O2S. The number of thiazole rings is 1. The third kappa shape index (κ3) is 4.42. The Bertz CT molecular complexity index is 1170. The van der Waals surface area contributed by atoms with Gasteiger partial charge in [-0.25, -0.2) is 4.98 Å². The summed E-state index contributed by atoms with van der Waals surface area (Å²) in [7, 11) is 0. The van der Waals surface area contributed by atoms with Gasteiger partial charge in [0.2, 0.25) is 0 Å². The van der Waals surface area contributed by atoms with E-state index in [1.165, 1.54) is 5.56 Å². The number of ether oxygens (including phenoxy) is 1. The van der Waals surface area contributed by atoms with Crippen molar-refractivity contribution in [1.82, 2.24) is 4.98 Å². The average Bonchev–Trinajstić information content (AvgIpc) is 3.25. The Hall–Kier alpha value is -3.44. The van der Waals surface area contributed by atoms with E-state index in [4.69, 9.17) is 9.72 Å². The molecule has 0 fully saturated rings. The van der Waals surface area contributed by atoms with Gasteiger partial charge in [0, 0.05) is 27.8 Å². The molecule has 0 radical (unpaired) electrons. The fourth-order valence-electron chi connectivity index (χ4n) is 3.16. The van der Waals surface area contributed by atoms with Crippen molar-refractivity contribution in [2.75, 3.05) is 11.9 Å². The van der Waals surface area contributed by atoms with Gasteiger partial charge in [0.1, 0.15) is 10.8 Å². The smallest absolute Gasteiger partial charge is 0.255 e. The highest BCUT2D eigenvalue weighted by molar-refractivity contribution is 7.13. The molecular weight excluding hydrogens is 392 g/mol. The van der Waals surface area contributed by atoms with Crippen LogP contribution in [0.25, 0.3) is 21.8 Å². The molecule has 1 N–H and O–H groups in total. The Kier molecular flexibility index (Phi) is 5.91. The number of rotatable bonds is 6. The number of hydrogen-bond acceptors (Lipinski definition) is 4. The molecule has 0 aliphatic rings. The lowest BCUT2D eigenvalue weighted by atomic mass is 10.1. The van der Waals surface area contributed by atoms with E-state index in [-0.39, 0.29) is 5.91 Å². The summed E-state index contributed by atoms with van der Waals surface area (Å²) in [6.45, 7) is 4.58. The molecule has 4 rings (SSSR count). The minimum absolute atomic E-state index is 0.167. The summed E-state index contributed by atoms with van der Waals surface area (Å²) in [5, 5.41) is 6.01. The third-order valence-corrected chi connectivity index (χ3v) is 5.60. The lowest BCUT2D eigenvalue weighted by Gasteiger charge is -2.08. The van der Waals surface area contributed by atoms with Crippen molar-refractivity contribution in [2.45, 2.75) is 13.8 Å². The maximum atomic E-state index is 12.5. The molecule has 4 aromatic rings. The molecule has 1 heterocycles. The van der Waals surface area contributed by atoms with Crippen LogP contribution >= 0.6 is 11.3 Å². The molecule has 3 aromatic carbocycles. The van der Waals surface area contributed by atoms with Crippen LogP contribution in [0.2, 0.25) is 0 Å². The molecule has 4 nitrogen and oxygen atoms in total. The molecule has 0 saturated carbocycles. The molecule has 1 aromatic heterocycles. The molecule has 5 heteroatoms. The van der Waals surface area contributed by atoms with Crippen molar-refractivity contribution in [3.63, 3.8) is 0 Å². The number of carbonyl (C=O) groups excluding carboxylic acids is 1. The highest BCUT2D eigenvalue weighted by atomic mass is 32.1. The van der Waals surface area contributed by atoms with E-state index in [9.17, 15) is 4.79 Å². The van der Waals surface area contributed by atoms with Gasteiger partial charge in [-0.1, -0.05) is 42.5 Å². The van der Waals surface area contributed by atoms with Gasteiger partial charge >= 0.3 is 0 Å². The second-order valence-corrected chi connectivity index (χ2v) is 7.70. The number of nitrogens with one attached hydrogen (secondary N) is 1. The van der Waals surface area contributed by atoms with Crippen molar-refractivity contribution in [3.05, 3.63) is 89.3 Å². The van der Waals surface area contributed by atoms with Gasteiger partial charge in [-0.15, -0.1) is 11.3 Å². The van der Waals surface area contributed by atoms with Gasteiger partial charge in [0.05, 0.1) is 12.3 Å². The van der Waals surface area contributed by atoms with Crippen LogP contribution in [0.3, 0.4) is 0 Å². The maximum Gasteiger partial charge on any atom is 0.255 e. The van der Waals surface area contributed by atoms with Crippen LogP contribution < -0.4 is 10.1 Å². The zero-order valence-electron chi connectivity index (χ0n) is 16.9. The fourth-order valence-corrected chi connectivity index (χ4v) is 4.08. The van der Waals surface area contributed by atoms with Crippen LogP contribution in [0.1, 0.15) is 22.8 Å². The largest absolute Gasteiger partial charge is 0.494 e. The first-order valence-corrected chi connectivity index (χ1v) is 10.7. The lowest BCUT2D eigenvalue weighted by molar-refractivity contribution is 0.102. The molecule has 0 bridgehead atoms. The highest BCUT2D eigenvalue weighted by Gasteiger charge is 2.10. The molecule has 150 valence electrons. The second kappa shape index (κ2) is 8.93. The minimum Gasteiger partial charge on any atom is -0.494 e. The van der Waals surface area contributed by atoms with Crippen molar-refractivity contribution < 1.29 is 9.53 Å². The van der Waals surface area contributed by atoms with Gasteiger partial charge in [-0.05, 0) is 49.7 Å². The number of nitrogens with zero attached hydrogens (tertiary/aromatic N) is 1. The monoisotopic (exact) mass is 414 g/mol. The Balaban J connectivity index is 1.48. The van der Waals surface area contributed by atoms with Gasteiger partial charge in [0.15, 0.2) is 0 Å². The summed E-state index contributed by atoms with van der Waals surface area (Å²) in [4.78, 5) is 17.3. The molecule has 0 aliphatic heterocycles. The number of benzene rings is 3. The number of hydrogen-bond donors (Lipinski definition) is 1. The summed E-state index contributed by atoms with van der Waals surface area (Å²) in [6, 6.07) is 23.2. The average molecular weight is 415 g/mol. The lowest BCUT2D eigenvalue weighted by Crippen LogP contribution is -2.11. The standard InChI is InChI=1S/C25H22N2O2S/c1-3-29-21-9-6-8-19(15-21)24(28)26-20-13-11-18(12-14-20)23-16-30-25(27-23)22-10-5-4-7-17(22)2/h4-16H,3H2,1-2H3,(H,26,28). The van der Waals surface area contributed by atoms with Crippen LogP contribution in [0, 0.1) is 6.92 Å². The zero-order valence-corrected chi connectivity index (χ0v) is 17.7. The van der Waals surface area contributed by atoms with Gasteiger partial charge in [-0.2, -0.15) is 0 Å². The number of aryl methyl sites for hydroxylation is 1. The fraction of sp³-hybridized carbons (Fsp3) is 0.120. The predicted molar refractivity (Wildman–Crippen MR) is 123 cm³/mol. The Morgan fingerprint density at radius 1 is 1.03 bits per heavy atom. The van der Waals surface area contributed by atoms with Gasteiger partial charge in [0.25, 0.3) is 5.91 Å². The first-order valence-electron chi connectivity index (χ1n) is 9.80. The Morgan fingerprint density at radius 3 is 2.60 bits per heavy atom. The first-order chi connectivity index (χ1) is 14.6. The van der Waals surface area contributed by atoms with E-state index in [1.807, 2.05) is 55.5 Å². The molecule has 0 saturated heterocycles. The van der Waals surface area contributed by atoms with Crippen LogP contribution in [0.5, 0.6) is 5.75 Å². The van der Waals surface area contributed by atoms with Crippen LogP contribution in [-0.4, -0.2) is 17.5 Å². The van der Waals surface area contributed by atoms with E-state index in [0.717, 1.165) is 27.5 Å². The van der Waals surface area contributed by atoms with E-state index >= 15 is 0 Å². The summed E-state index contributed by atoms with van der Waals surface area (Å²) < 4.78 is 5.47. The summed E-state index contributed by atoms with van der Waals surface area (Å²) in [5.41, 5.74) is 5.62. The minimum atomic E-state index is -0.167. The van der Waals surface area contributed by atoms with Crippen LogP contribution in [0.4, 0.5) is 5.69 Å². The summed E-state index contributed by atoms with van der Waals surface area (Å²) in [6.07, 6.45) is 0. The van der Waals surface area contributed by atoms with E-state index in [2.05, 4.69) is 29.8 Å². The van der Waals surface area contributed by atoms with Crippen LogP contribution in [0.15, 0.2) is 78.2 Å². The second-order valence-electron chi connectivity index (χ2n) is 6.85. The maximum absolute atomic E-state index is 12.5. The first kappa shape index (κ1) is 19.9. The normalized spacial score (nSPS) is 10.6. The van der Waals surface area contributed by atoms with Crippen molar-refractivity contribution in [3.8, 4) is 27.6 Å². The molecule has 30 heavy (non-hydrogen) atoms. The SMILES string of the molecule is CCOc1cccc(C(=O)Nc2ccc(-c3csc(-c4ccccc4C)n3)cc2)c1. The molecule has 0 atom stereocenters. The molecule has 0 spiro atoms. The van der Waals surface area contributed by atoms with E-state index in [1.54, 1.807) is 23.5 Å². The topological polar surface area (TPSA) is 51.2 Å². The predicted octanol–water partition coefficient (Wildman–Crippen LogP) is 6.44. The van der Waals surface area contributed by atoms with Gasteiger partial charge < -0.3 is 10.1 Å². The Labute approximate surface area is 180 Å². The highest BCUT2D eigenvalue weighted by Crippen LogP contribution is 2.31. The van der Waals surface area contributed by atoms with Crippen molar-refractivity contribution in [1.29, 1.82) is 0 Å². The number of aromatic nitrogens is 1. The number of anilines is 1. The Morgan fingerprint density at radius 2 is 1.83 bits per heavy atom. The van der Waals surface area contributed by atoms with E-state index in [0.29, 0.717) is 17.9 Å². The number of carbonyl (C=O) groups is 1. The van der Waals surface area contributed by atoms with Crippen molar-refractivity contribution in [2.24, 2.45) is 0 Å².